The molecule has 0 unspecified atom stereocenters. The number of nitrogen functional groups attached to an aromatic ring is 1. The van der Waals surface area contributed by atoms with Gasteiger partial charge in [-0.25, -0.2) is 9.67 Å². The molecule has 0 aromatic carbocycles. The van der Waals surface area contributed by atoms with Crippen LogP contribution in [0.5, 0.6) is 0 Å². The molecule has 6 nitrogen and oxygen atoms in total. The van der Waals surface area contributed by atoms with Crippen molar-refractivity contribution in [3.05, 3.63) is 5.69 Å². The van der Waals surface area contributed by atoms with Crippen LogP contribution in [-0.4, -0.2) is 38.7 Å². The maximum atomic E-state index is 12.0. The Hall–Kier alpha value is -1.77. The highest BCUT2D eigenvalue weighted by Gasteiger charge is 2.27. The van der Waals surface area contributed by atoms with Gasteiger partial charge in [0.15, 0.2) is 5.65 Å². The highest BCUT2D eigenvalue weighted by Crippen LogP contribution is 2.21. The standard InChI is InChI=1S/C11H16F3N5O/c1-3-19-9-8(7(2)17-19)16-10(15)18(9)4-5-20-6-11(12,13)14/h3-6H2,1-2H3,(H2,15,16). The van der Waals surface area contributed by atoms with E-state index in [2.05, 4.69) is 14.8 Å². The topological polar surface area (TPSA) is 70.9 Å². The van der Waals surface area contributed by atoms with Crippen molar-refractivity contribution in [2.75, 3.05) is 18.9 Å². The second-order valence-electron chi connectivity index (χ2n) is 4.36. The van der Waals surface area contributed by atoms with Gasteiger partial charge in [-0.3, -0.25) is 4.57 Å². The van der Waals surface area contributed by atoms with Crippen LogP contribution in [0.4, 0.5) is 19.1 Å². The van der Waals surface area contributed by atoms with Gasteiger partial charge in [-0.05, 0) is 13.8 Å². The number of rotatable bonds is 5. The van der Waals surface area contributed by atoms with Crippen LogP contribution in [0.15, 0.2) is 0 Å². The normalized spacial score (nSPS) is 12.4. The Morgan fingerprint density at radius 3 is 2.65 bits per heavy atom. The molecule has 0 atom stereocenters. The van der Waals surface area contributed by atoms with Gasteiger partial charge in [-0.15, -0.1) is 0 Å². The molecule has 2 heterocycles. The molecule has 0 amide bonds. The molecule has 0 saturated carbocycles. The molecule has 20 heavy (non-hydrogen) atoms. The van der Waals surface area contributed by atoms with Crippen LogP contribution in [0.3, 0.4) is 0 Å². The monoisotopic (exact) mass is 291 g/mol. The van der Waals surface area contributed by atoms with Gasteiger partial charge < -0.3 is 10.5 Å². The summed E-state index contributed by atoms with van der Waals surface area (Å²) in [7, 11) is 0. The Morgan fingerprint density at radius 2 is 2.05 bits per heavy atom. The number of alkyl halides is 3. The fourth-order valence-electron chi connectivity index (χ4n) is 2.03. The molecule has 0 aliphatic heterocycles. The van der Waals surface area contributed by atoms with E-state index in [-0.39, 0.29) is 19.1 Å². The number of hydrogen-bond acceptors (Lipinski definition) is 4. The van der Waals surface area contributed by atoms with Crippen LogP contribution in [0.25, 0.3) is 11.2 Å². The Balaban J connectivity index is 2.15. The molecule has 0 fully saturated rings. The predicted octanol–water partition coefficient (Wildman–Crippen LogP) is 1.72. The van der Waals surface area contributed by atoms with E-state index in [1.807, 2.05) is 13.8 Å². The number of fused-ring (bicyclic) bond motifs is 1. The Morgan fingerprint density at radius 1 is 1.35 bits per heavy atom. The minimum absolute atomic E-state index is 0.0941. The number of imidazole rings is 1. The number of aryl methyl sites for hydroxylation is 2. The summed E-state index contributed by atoms with van der Waals surface area (Å²) in [6.45, 7) is 3.19. The smallest absolute Gasteiger partial charge is 0.370 e. The van der Waals surface area contributed by atoms with Gasteiger partial charge in [0.2, 0.25) is 5.95 Å². The fourth-order valence-corrected chi connectivity index (χ4v) is 2.03. The number of halogens is 3. The Bertz CT molecular complexity index is 601. The van der Waals surface area contributed by atoms with E-state index in [0.29, 0.717) is 17.7 Å². The highest BCUT2D eigenvalue weighted by atomic mass is 19.4. The maximum absolute atomic E-state index is 12.0. The lowest BCUT2D eigenvalue weighted by Crippen LogP contribution is -2.19. The number of ether oxygens (including phenoxy) is 1. The largest absolute Gasteiger partial charge is 0.411 e. The van der Waals surface area contributed by atoms with Crippen LogP contribution >= 0.6 is 0 Å². The minimum Gasteiger partial charge on any atom is -0.370 e. The van der Waals surface area contributed by atoms with Crippen LogP contribution in [0.2, 0.25) is 0 Å². The quantitative estimate of drug-likeness (QED) is 0.852. The van der Waals surface area contributed by atoms with E-state index >= 15 is 0 Å². The van der Waals surface area contributed by atoms with E-state index < -0.39 is 12.8 Å². The van der Waals surface area contributed by atoms with Crippen molar-refractivity contribution in [1.29, 1.82) is 0 Å². The van der Waals surface area contributed by atoms with Gasteiger partial charge in [0.05, 0.1) is 18.8 Å². The van der Waals surface area contributed by atoms with E-state index in [1.54, 1.807) is 9.25 Å². The summed E-state index contributed by atoms with van der Waals surface area (Å²) in [5.41, 5.74) is 7.90. The van der Waals surface area contributed by atoms with E-state index in [0.717, 1.165) is 5.69 Å². The molecule has 2 N–H and O–H groups in total. The summed E-state index contributed by atoms with van der Waals surface area (Å²) in [6, 6.07) is 0. The summed E-state index contributed by atoms with van der Waals surface area (Å²) in [5.74, 6) is 0.248. The zero-order valence-corrected chi connectivity index (χ0v) is 11.2. The van der Waals surface area contributed by atoms with Crippen molar-refractivity contribution in [2.45, 2.75) is 33.1 Å². The van der Waals surface area contributed by atoms with Gasteiger partial charge in [0.25, 0.3) is 0 Å². The second-order valence-corrected chi connectivity index (χ2v) is 4.36. The molecule has 112 valence electrons. The summed E-state index contributed by atoms with van der Waals surface area (Å²) in [5, 5.41) is 4.29. The van der Waals surface area contributed by atoms with Gasteiger partial charge in [-0.1, -0.05) is 0 Å². The Kier molecular flexibility index (Phi) is 3.89. The molecule has 0 spiro atoms. The average Bonchev–Trinajstić information content (AvgIpc) is 2.82. The first-order valence-electron chi connectivity index (χ1n) is 6.17. The lowest BCUT2D eigenvalue weighted by molar-refractivity contribution is -0.174. The van der Waals surface area contributed by atoms with Crippen molar-refractivity contribution in [3.63, 3.8) is 0 Å². The summed E-state index contributed by atoms with van der Waals surface area (Å²) in [6.07, 6.45) is -4.32. The average molecular weight is 291 g/mol. The van der Waals surface area contributed by atoms with Crippen LogP contribution in [-0.2, 0) is 17.8 Å². The number of nitrogens with two attached hydrogens (primary N) is 1. The predicted molar refractivity (Wildman–Crippen MR) is 67.2 cm³/mol. The minimum atomic E-state index is -4.32. The van der Waals surface area contributed by atoms with E-state index in [9.17, 15) is 13.2 Å². The number of hydrogen-bond donors (Lipinski definition) is 1. The van der Waals surface area contributed by atoms with Crippen molar-refractivity contribution in [1.82, 2.24) is 19.3 Å². The lowest BCUT2D eigenvalue weighted by Gasteiger charge is -2.10. The molecule has 2 aromatic rings. The van der Waals surface area contributed by atoms with Crippen LogP contribution < -0.4 is 5.73 Å². The highest BCUT2D eigenvalue weighted by molar-refractivity contribution is 5.77. The third-order valence-corrected chi connectivity index (χ3v) is 2.85. The molecule has 0 radical (unpaired) electrons. The molecule has 9 heteroatoms. The molecular weight excluding hydrogens is 275 g/mol. The zero-order valence-electron chi connectivity index (χ0n) is 11.2. The summed E-state index contributed by atoms with van der Waals surface area (Å²) >= 11 is 0. The molecule has 0 aliphatic rings. The zero-order chi connectivity index (χ0) is 14.9. The SMILES string of the molecule is CCn1nc(C)c2nc(N)n(CCOCC(F)(F)F)c21. The third kappa shape index (κ3) is 2.87. The number of anilines is 1. The van der Waals surface area contributed by atoms with Crippen LogP contribution in [0, 0.1) is 6.92 Å². The molecule has 0 bridgehead atoms. The van der Waals surface area contributed by atoms with Gasteiger partial charge >= 0.3 is 6.18 Å². The first kappa shape index (κ1) is 14.6. The molecule has 2 rings (SSSR count). The molecule has 2 aromatic heterocycles. The Labute approximate surface area is 113 Å². The van der Waals surface area contributed by atoms with Crippen molar-refractivity contribution in [2.24, 2.45) is 0 Å². The van der Waals surface area contributed by atoms with E-state index in [4.69, 9.17) is 5.73 Å². The number of nitrogens with zero attached hydrogens (tertiary/aromatic N) is 4. The van der Waals surface area contributed by atoms with Gasteiger partial charge in [0, 0.05) is 6.54 Å². The maximum Gasteiger partial charge on any atom is 0.411 e. The van der Waals surface area contributed by atoms with Gasteiger partial charge in [0.1, 0.15) is 12.1 Å². The molecule has 0 aliphatic carbocycles. The van der Waals surface area contributed by atoms with Crippen molar-refractivity contribution >= 4 is 17.1 Å². The third-order valence-electron chi connectivity index (χ3n) is 2.85. The first-order chi connectivity index (χ1) is 9.33. The summed E-state index contributed by atoms with van der Waals surface area (Å²) in [4.78, 5) is 4.19. The number of aromatic nitrogens is 4. The van der Waals surface area contributed by atoms with Crippen molar-refractivity contribution < 1.29 is 17.9 Å². The van der Waals surface area contributed by atoms with E-state index in [1.165, 1.54) is 0 Å². The second kappa shape index (κ2) is 5.31. The van der Waals surface area contributed by atoms with Crippen LogP contribution in [0.1, 0.15) is 12.6 Å². The summed E-state index contributed by atoms with van der Waals surface area (Å²) < 4.78 is 43.9. The van der Waals surface area contributed by atoms with Gasteiger partial charge in [-0.2, -0.15) is 18.3 Å². The first-order valence-corrected chi connectivity index (χ1v) is 6.17. The molecular formula is C11H16F3N5O. The lowest BCUT2D eigenvalue weighted by atomic mass is 10.4. The van der Waals surface area contributed by atoms with Crippen molar-refractivity contribution in [3.8, 4) is 0 Å². The molecule has 0 saturated heterocycles. The fraction of sp³-hybridized carbons (Fsp3) is 0.636.